The van der Waals surface area contributed by atoms with Gasteiger partial charge in [-0.05, 0) is 31.9 Å². The van der Waals surface area contributed by atoms with Crippen molar-refractivity contribution in [2.45, 2.75) is 38.6 Å². The van der Waals surface area contributed by atoms with Crippen molar-refractivity contribution in [3.63, 3.8) is 0 Å². The van der Waals surface area contributed by atoms with Crippen LogP contribution in [0, 0.1) is 0 Å². The molecule has 3 heteroatoms. The summed E-state index contributed by atoms with van der Waals surface area (Å²) in [4.78, 5) is 6.82. The maximum atomic E-state index is 4.49. The summed E-state index contributed by atoms with van der Waals surface area (Å²) >= 11 is 3.43. The molecule has 0 atom stereocenters. The highest BCUT2D eigenvalue weighted by atomic mass is 79.9. The van der Waals surface area contributed by atoms with Crippen LogP contribution in [0.1, 0.15) is 32.8 Å². The van der Waals surface area contributed by atoms with Crippen LogP contribution in [0.2, 0.25) is 0 Å². The van der Waals surface area contributed by atoms with Crippen molar-refractivity contribution in [2.24, 2.45) is 0 Å². The van der Waals surface area contributed by atoms with Crippen molar-refractivity contribution in [3.8, 4) is 0 Å². The third kappa shape index (κ3) is 3.49. The summed E-state index contributed by atoms with van der Waals surface area (Å²) in [5, 5.41) is 0.871. The van der Waals surface area contributed by atoms with Gasteiger partial charge in [-0.25, -0.2) is 4.98 Å². The zero-order valence-electron chi connectivity index (χ0n) is 9.70. The summed E-state index contributed by atoms with van der Waals surface area (Å²) in [6.07, 6.45) is 3.09. The average Bonchev–Trinajstić information content (AvgIpc) is 2.26. The molecule has 0 unspecified atom stereocenters. The van der Waals surface area contributed by atoms with E-state index in [-0.39, 0.29) is 0 Å². The van der Waals surface area contributed by atoms with Gasteiger partial charge in [0.25, 0.3) is 0 Å². The van der Waals surface area contributed by atoms with Gasteiger partial charge in [0, 0.05) is 24.1 Å². The second-order valence-electron chi connectivity index (χ2n) is 3.95. The molecule has 0 saturated carbocycles. The number of hydrogen-bond donors (Lipinski definition) is 0. The molecule has 0 saturated heterocycles. The predicted octanol–water partition coefficient (Wildman–Crippen LogP) is 3.60. The first-order chi connectivity index (χ1) is 7.19. The van der Waals surface area contributed by atoms with Crippen LogP contribution in [-0.2, 0) is 5.33 Å². The lowest BCUT2D eigenvalue weighted by Gasteiger charge is -2.27. The Morgan fingerprint density at radius 3 is 2.53 bits per heavy atom. The molecule has 0 aliphatic rings. The van der Waals surface area contributed by atoms with Gasteiger partial charge in [0.2, 0.25) is 0 Å². The Hall–Kier alpha value is -0.570. The molecule has 0 fully saturated rings. The highest BCUT2D eigenvalue weighted by Crippen LogP contribution is 2.15. The highest BCUT2D eigenvalue weighted by Gasteiger charge is 2.09. The van der Waals surface area contributed by atoms with E-state index in [9.17, 15) is 0 Å². The van der Waals surface area contributed by atoms with E-state index in [2.05, 4.69) is 58.7 Å². The van der Waals surface area contributed by atoms with E-state index >= 15 is 0 Å². The lowest BCUT2D eigenvalue weighted by Crippen LogP contribution is -2.32. The standard InChI is InChI=1S/C12H19BrN2/c1-4-7-15(10(2)3)12-6-5-11(8-13)9-14-12/h5-6,9-10H,4,7-8H2,1-3H3. The molecule has 0 aliphatic carbocycles. The van der Waals surface area contributed by atoms with Crippen molar-refractivity contribution >= 4 is 21.7 Å². The molecule has 0 bridgehead atoms. The summed E-state index contributed by atoms with van der Waals surface area (Å²) in [7, 11) is 0. The van der Waals surface area contributed by atoms with E-state index < -0.39 is 0 Å². The van der Waals surface area contributed by atoms with Gasteiger partial charge >= 0.3 is 0 Å². The summed E-state index contributed by atoms with van der Waals surface area (Å²) in [5.41, 5.74) is 1.22. The second-order valence-corrected chi connectivity index (χ2v) is 4.51. The minimum absolute atomic E-state index is 0.507. The SMILES string of the molecule is CCCN(c1ccc(CBr)cn1)C(C)C. The zero-order chi connectivity index (χ0) is 11.3. The number of anilines is 1. The number of rotatable bonds is 5. The third-order valence-corrected chi connectivity index (χ3v) is 2.99. The molecular weight excluding hydrogens is 252 g/mol. The number of hydrogen-bond acceptors (Lipinski definition) is 2. The number of alkyl halides is 1. The molecule has 1 heterocycles. The molecule has 0 amide bonds. The Kier molecular flexibility index (Phi) is 5.09. The molecule has 15 heavy (non-hydrogen) atoms. The summed E-state index contributed by atoms with van der Waals surface area (Å²) in [5.74, 6) is 1.08. The van der Waals surface area contributed by atoms with Crippen LogP contribution < -0.4 is 4.90 Å². The van der Waals surface area contributed by atoms with Gasteiger partial charge < -0.3 is 4.90 Å². The predicted molar refractivity (Wildman–Crippen MR) is 69.6 cm³/mol. The number of pyridine rings is 1. The maximum Gasteiger partial charge on any atom is 0.128 e. The second kappa shape index (κ2) is 6.11. The van der Waals surface area contributed by atoms with E-state index in [1.807, 2.05) is 6.20 Å². The molecule has 0 N–H and O–H groups in total. The van der Waals surface area contributed by atoms with E-state index in [0.29, 0.717) is 6.04 Å². The van der Waals surface area contributed by atoms with Crippen molar-refractivity contribution in [3.05, 3.63) is 23.9 Å². The lowest BCUT2D eigenvalue weighted by atomic mass is 10.2. The summed E-state index contributed by atoms with van der Waals surface area (Å²) in [6.45, 7) is 7.67. The fraction of sp³-hybridized carbons (Fsp3) is 0.583. The van der Waals surface area contributed by atoms with Crippen molar-refractivity contribution < 1.29 is 0 Å². The fourth-order valence-corrected chi connectivity index (χ4v) is 1.88. The van der Waals surface area contributed by atoms with Gasteiger partial charge in [-0.2, -0.15) is 0 Å². The molecule has 84 valence electrons. The quantitative estimate of drug-likeness (QED) is 0.761. The number of halogens is 1. The Balaban J connectivity index is 2.81. The van der Waals surface area contributed by atoms with Crippen LogP contribution in [0.5, 0.6) is 0 Å². The van der Waals surface area contributed by atoms with Gasteiger partial charge in [0.05, 0.1) is 0 Å². The summed E-state index contributed by atoms with van der Waals surface area (Å²) < 4.78 is 0. The van der Waals surface area contributed by atoms with E-state index in [4.69, 9.17) is 0 Å². The summed E-state index contributed by atoms with van der Waals surface area (Å²) in [6, 6.07) is 4.74. The number of nitrogens with zero attached hydrogens (tertiary/aromatic N) is 2. The Morgan fingerprint density at radius 1 is 1.40 bits per heavy atom. The van der Waals surface area contributed by atoms with E-state index in [0.717, 1.165) is 24.1 Å². The topological polar surface area (TPSA) is 16.1 Å². The first-order valence-electron chi connectivity index (χ1n) is 5.46. The average molecular weight is 271 g/mol. The molecule has 1 rings (SSSR count). The lowest BCUT2D eigenvalue weighted by molar-refractivity contribution is 0.662. The highest BCUT2D eigenvalue weighted by molar-refractivity contribution is 9.08. The minimum Gasteiger partial charge on any atom is -0.354 e. The van der Waals surface area contributed by atoms with E-state index in [1.54, 1.807) is 0 Å². The van der Waals surface area contributed by atoms with Crippen molar-refractivity contribution in [1.29, 1.82) is 0 Å². The van der Waals surface area contributed by atoms with Crippen LogP contribution in [0.3, 0.4) is 0 Å². The molecule has 0 aromatic carbocycles. The first-order valence-corrected chi connectivity index (χ1v) is 6.58. The van der Waals surface area contributed by atoms with Gasteiger partial charge in [-0.15, -0.1) is 0 Å². The molecule has 0 aliphatic heterocycles. The van der Waals surface area contributed by atoms with Crippen LogP contribution in [-0.4, -0.2) is 17.6 Å². The van der Waals surface area contributed by atoms with Gasteiger partial charge in [-0.1, -0.05) is 28.9 Å². The molecule has 1 aromatic rings. The number of aromatic nitrogens is 1. The molecular formula is C12H19BrN2. The Labute approximate surface area is 101 Å². The molecule has 2 nitrogen and oxygen atoms in total. The first kappa shape index (κ1) is 12.5. The zero-order valence-corrected chi connectivity index (χ0v) is 11.3. The minimum atomic E-state index is 0.507. The normalized spacial score (nSPS) is 10.7. The Morgan fingerprint density at radius 2 is 2.13 bits per heavy atom. The van der Waals surface area contributed by atoms with Gasteiger partial charge in [-0.3, -0.25) is 0 Å². The fourth-order valence-electron chi connectivity index (χ4n) is 1.54. The smallest absolute Gasteiger partial charge is 0.128 e. The maximum absolute atomic E-state index is 4.49. The molecule has 1 aromatic heterocycles. The monoisotopic (exact) mass is 270 g/mol. The van der Waals surface area contributed by atoms with Crippen LogP contribution in [0.25, 0.3) is 0 Å². The van der Waals surface area contributed by atoms with Gasteiger partial charge in [0.1, 0.15) is 5.82 Å². The largest absolute Gasteiger partial charge is 0.354 e. The Bertz CT molecular complexity index is 282. The third-order valence-electron chi connectivity index (χ3n) is 2.35. The van der Waals surface area contributed by atoms with Crippen molar-refractivity contribution in [1.82, 2.24) is 4.98 Å². The van der Waals surface area contributed by atoms with Crippen molar-refractivity contribution in [2.75, 3.05) is 11.4 Å². The van der Waals surface area contributed by atoms with Gasteiger partial charge in [0.15, 0.2) is 0 Å². The molecule has 0 spiro atoms. The van der Waals surface area contributed by atoms with E-state index in [1.165, 1.54) is 5.56 Å². The molecule has 0 radical (unpaired) electrons. The van der Waals surface area contributed by atoms with Crippen LogP contribution in [0.4, 0.5) is 5.82 Å². The van der Waals surface area contributed by atoms with Crippen LogP contribution in [0.15, 0.2) is 18.3 Å². The van der Waals surface area contributed by atoms with Crippen LogP contribution >= 0.6 is 15.9 Å².